The molecule has 1 aliphatic carbocycles. The van der Waals surface area contributed by atoms with Crippen molar-refractivity contribution in [2.45, 2.75) is 180 Å². The third-order valence-electron chi connectivity index (χ3n) is 16.0. The number of allylic oxidation sites excluding steroid dienone is 6. The summed E-state index contributed by atoms with van der Waals surface area (Å²) < 4.78 is 72.6. The van der Waals surface area contributed by atoms with E-state index in [9.17, 15) is 28.5 Å². The molecule has 4 rings (SSSR count). The zero-order valence-corrected chi connectivity index (χ0v) is 49.9. The summed E-state index contributed by atoms with van der Waals surface area (Å²) in [5.41, 5.74) is 1.54. The molecule has 0 aromatic heterocycles. The SMILES string of the molecule is COCCOCCOC1C[C@@H]2CC[C@@H](C)[C@@](OC)(O2)C(=O)C(=O)N2CCCC[C@H]2C(=O)O[C@H]([C@H](C)C[C@@H]2CC[C@@H](OP(C)(C)=O)[C@H](OC)C2)CC(=O)[C@H](C)/C=C(\C)[C@@H](OC)[C@@H](OC)C(=O)[C@H](C)C[C@H](C)/C=C/C=C/C=C/1C. The first-order valence-corrected chi connectivity index (χ1v) is 30.6. The average molecular weight is 1110 g/mol. The summed E-state index contributed by atoms with van der Waals surface area (Å²) in [7, 11) is 4.80. The lowest BCUT2D eigenvalue weighted by atomic mass is 9.78. The molecule has 4 aliphatic rings. The van der Waals surface area contributed by atoms with E-state index < -0.39 is 79.2 Å². The van der Waals surface area contributed by atoms with Crippen LogP contribution in [0.4, 0.5) is 0 Å². The number of cyclic esters (lactones) is 1. The van der Waals surface area contributed by atoms with Gasteiger partial charge in [0.15, 0.2) is 13.2 Å². The quantitative estimate of drug-likeness (QED) is 0.0466. The summed E-state index contributed by atoms with van der Waals surface area (Å²) in [4.78, 5) is 74.2. The minimum Gasteiger partial charge on any atom is -0.460 e. The molecule has 3 heterocycles. The number of esters is 1. The predicted octanol–water partition coefficient (Wildman–Crippen LogP) is 9.08. The highest BCUT2D eigenvalue weighted by Crippen LogP contribution is 2.45. The topological polar surface area (TPSA) is 198 Å². The number of methoxy groups -OCH3 is 5. The molecule has 15 atom stereocenters. The Labute approximate surface area is 460 Å². The second kappa shape index (κ2) is 32.3. The second-order valence-electron chi connectivity index (χ2n) is 22.5. The van der Waals surface area contributed by atoms with Crippen LogP contribution in [-0.2, 0) is 75.7 Å². The van der Waals surface area contributed by atoms with E-state index in [-0.39, 0.29) is 73.4 Å². The van der Waals surface area contributed by atoms with E-state index in [2.05, 4.69) is 6.92 Å². The summed E-state index contributed by atoms with van der Waals surface area (Å²) in [6.45, 7) is 18.1. The van der Waals surface area contributed by atoms with Crippen LogP contribution < -0.4 is 0 Å². The van der Waals surface area contributed by atoms with Crippen molar-refractivity contribution < 1.29 is 75.7 Å². The van der Waals surface area contributed by atoms with Gasteiger partial charge in [-0.15, -0.1) is 0 Å². The van der Waals surface area contributed by atoms with Gasteiger partial charge in [-0.05, 0) is 107 Å². The van der Waals surface area contributed by atoms with Gasteiger partial charge in [0.2, 0.25) is 5.79 Å². The van der Waals surface area contributed by atoms with Crippen molar-refractivity contribution in [3.05, 3.63) is 47.6 Å². The van der Waals surface area contributed by atoms with Crippen LogP contribution in [0.3, 0.4) is 0 Å². The molecule has 2 saturated heterocycles. The van der Waals surface area contributed by atoms with Gasteiger partial charge in [-0.1, -0.05) is 71.1 Å². The number of hydrogen-bond donors (Lipinski definition) is 0. The standard InChI is InChI=1S/C59H96NO16P/c1-38-20-16-15-17-21-39(2)50(73-31-30-72-29-28-67-8)36-46-25-23-44(7)59(71-12,75-46)56(63)57(64)60-27-19-18-22-47(60)58(65)74-51(41(4)34-45-24-26-49(52(35-45)68-9)76-77(13,14)66)37-48(61)40(3)33-43(6)54(69-10)55(70-11)53(62)42(5)32-38/h15-17,20-21,33,38,40-42,44-47,49-52,54-55H,18-19,22-32,34-37H2,1-14H3/b17-15+,20-16+,39-21+,43-33+/t38-,40-,41-,42-,44-,45+,46+,47+,49-,50?,51+,52-,54-,55+,59-/m1/s1. The molecular weight excluding hydrogens is 1010 g/mol. The first-order valence-electron chi connectivity index (χ1n) is 28.1. The van der Waals surface area contributed by atoms with E-state index in [1.54, 1.807) is 40.5 Å². The van der Waals surface area contributed by atoms with Crippen LogP contribution in [0.15, 0.2) is 47.6 Å². The molecule has 0 aromatic rings. The van der Waals surface area contributed by atoms with Gasteiger partial charge in [0.25, 0.3) is 11.7 Å². The van der Waals surface area contributed by atoms with Crippen LogP contribution in [-0.4, -0.2) is 171 Å². The number of nitrogens with zero attached hydrogens (tertiary/aromatic N) is 1. The van der Waals surface area contributed by atoms with E-state index in [1.807, 2.05) is 65.0 Å². The van der Waals surface area contributed by atoms with Crippen LogP contribution in [0.1, 0.15) is 126 Å². The van der Waals surface area contributed by atoms with Gasteiger partial charge in [-0.2, -0.15) is 0 Å². The summed E-state index contributed by atoms with van der Waals surface area (Å²) in [5.74, 6) is -6.51. The Morgan fingerprint density at radius 1 is 0.779 bits per heavy atom. The van der Waals surface area contributed by atoms with Crippen molar-refractivity contribution >= 4 is 36.6 Å². The lowest BCUT2D eigenvalue weighted by Gasteiger charge is -2.45. The Balaban J connectivity index is 1.75. The van der Waals surface area contributed by atoms with Gasteiger partial charge in [0.05, 0.1) is 50.8 Å². The predicted molar refractivity (Wildman–Crippen MR) is 295 cm³/mol. The molecular formula is C59H96NO16P. The van der Waals surface area contributed by atoms with Gasteiger partial charge in [0, 0.05) is 86.0 Å². The third kappa shape index (κ3) is 19.5. The number of ketones is 3. The Morgan fingerprint density at radius 3 is 2.16 bits per heavy atom. The summed E-state index contributed by atoms with van der Waals surface area (Å²) in [6, 6.07) is -1.11. The average Bonchev–Trinajstić information content (AvgIpc) is 3.40. The van der Waals surface area contributed by atoms with Crippen molar-refractivity contribution in [1.29, 1.82) is 0 Å². The number of carbonyl (C=O) groups excluding carboxylic acids is 5. The molecule has 3 aliphatic heterocycles. The minimum atomic E-state index is -2.79. The molecule has 1 saturated carbocycles. The van der Waals surface area contributed by atoms with E-state index in [0.29, 0.717) is 83.2 Å². The molecule has 3 fully saturated rings. The largest absolute Gasteiger partial charge is 0.460 e. The number of rotatable bonds is 16. The van der Waals surface area contributed by atoms with Crippen molar-refractivity contribution in [2.75, 3.05) is 81.9 Å². The second-order valence-corrected chi connectivity index (χ2v) is 25.3. The number of fused-ring (bicyclic) bond motifs is 3. The van der Waals surface area contributed by atoms with Crippen LogP contribution in [0.25, 0.3) is 0 Å². The highest BCUT2D eigenvalue weighted by atomic mass is 31.2. The number of amides is 1. The molecule has 438 valence electrons. The first kappa shape index (κ1) is 66.3. The molecule has 17 nitrogen and oxygen atoms in total. The van der Waals surface area contributed by atoms with Crippen LogP contribution in [0.5, 0.6) is 0 Å². The summed E-state index contributed by atoms with van der Waals surface area (Å²) in [5, 5.41) is 0. The molecule has 18 heteroatoms. The summed E-state index contributed by atoms with van der Waals surface area (Å²) >= 11 is 0. The number of ether oxygens (including phenoxy) is 9. The fourth-order valence-corrected chi connectivity index (χ4v) is 12.5. The fourth-order valence-electron chi connectivity index (χ4n) is 11.6. The maximum atomic E-state index is 14.8. The Morgan fingerprint density at radius 2 is 1.49 bits per heavy atom. The van der Waals surface area contributed by atoms with Crippen molar-refractivity contribution in [3.8, 4) is 0 Å². The smallest absolute Gasteiger partial charge is 0.329 e. The van der Waals surface area contributed by atoms with E-state index in [4.69, 9.17) is 47.2 Å². The first-order chi connectivity index (χ1) is 36.5. The van der Waals surface area contributed by atoms with Gasteiger partial charge in [0.1, 0.15) is 30.1 Å². The summed E-state index contributed by atoms with van der Waals surface area (Å²) in [6.07, 6.45) is 13.2. The Hall–Kier alpha value is -3.22. The molecule has 1 unspecified atom stereocenters. The number of carbonyl (C=O) groups is 5. The van der Waals surface area contributed by atoms with Crippen molar-refractivity contribution in [1.82, 2.24) is 4.90 Å². The molecule has 2 bridgehead atoms. The number of piperidine rings is 1. The van der Waals surface area contributed by atoms with E-state index >= 15 is 0 Å². The lowest BCUT2D eigenvalue weighted by molar-refractivity contribution is -0.277. The lowest BCUT2D eigenvalue weighted by Crippen LogP contribution is -2.61. The maximum Gasteiger partial charge on any atom is 0.329 e. The molecule has 0 N–H and O–H groups in total. The molecule has 77 heavy (non-hydrogen) atoms. The van der Waals surface area contributed by atoms with Crippen LogP contribution in [0, 0.1) is 35.5 Å². The van der Waals surface area contributed by atoms with Gasteiger partial charge in [-0.25, -0.2) is 4.79 Å². The number of hydrogen-bond acceptors (Lipinski definition) is 16. The third-order valence-corrected chi connectivity index (χ3v) is 16.8. The zero-order chi connectivity index (χ0) is 57.0. The van der Waals surface area contributed by atoms with E-state index in [0.717, 1.165) is 12.0 Å². The fraction of sp³-hybridized carbons (Fsp3) is 0.780. The highest BCUT2D eigenvalue weighted by Gasteiger charge is 2.55. The van der Waals surface area contributed by atoms with Gasteiger partial charge < -0.3 is 52.1 Å². The van der Waals surface area contributed by atoms with E-state index in [1.165, 1.54) is 26.2 Å². The zero-order valence-electron chi connectivity index (χ0n) is 49.0. The van der Waals surface area contributed by atoms with Crippen LogP contribution in [0.2, 0.25) is 0 Å². The molecule has 0 aromatic carbocycles. The van der Waals surface area contributed by atoms with Crippen molar-refractivity contribution in [3.63, 3.8) is 0 Å². The van der Waals surface area contributed by atoms with Gasteiger partial charge in [-0.3, -0.25) is 23.7 Å². The molecule has 1 amide bonds. The molecule has 0 spiro atoms. The number of Topliss-reactive ketones (excluding diaryl/α,β-unsaturated/α-hetero) is 3. The van der Waals surface area contributed by atoms with Crippen molar-refractivity contribution in [2.24, 2.45) is 35.5 Å². The normalized spacial score (nSPS) is 36.2. The van der Waals surface area contributed by atoms with Gasteiger partial charge >= 0.3 is 5.97 Å². The maximum absolute atomic E-state index is 14.8. The molecule has 0 radical (unpaired) electrons. The Kier molecular flexibility index (Phi) is 27.8. The minimum absolute atomic E-state index is 0.0382. The monoisotopic (exact) mass is 1110 g/mol. The highest BCUT2D eigenvalue weighted by molar-refractivity contribution is 7.57. The van der Waals surface area contributed by atoms with Crippen LogP contribution >= 0.6 is 7.37 Å². The Bertz CT molecular complexity index is 2080.